The number of ketones is 1. The zero-order valence-corrected chi connectivity index (χ0v) is 19.1. The highest BCUT2D eigenvalue weighted by atomic mass is 19.3. The SMILES string of the molecule is CC(F)(F)CCC(=O)C[C@H]1Cc2cccc(C(=O)OCOC(=O)OC3CCCCC3)c2OB1O. The van der Waals surface area contributed by atoms with Crippen molar-refractivity contribution in [3.05, 3.63) is 29.3 Å². The molecule has 1 atom stereocenters. The number of hydrogen-bond donors (Lipinski definition) is 1. The van der Waals surface area contributed by atoms with E-state index >= 15 is 0 Å². The molecule has 0 aromatic heterocycles. The van der Waals surface area contributed by atoms with E-state index in [-0.39, 0.29) is 36.7 Å². The minimum absolute atomic E-state index is 0.0243. The highest BCUT2D eigenvalue weighted by molar-refractivity contribution is 6.47. The normalized spacial score (nSPS) is 18.5. The van der Waals surface area contributed by atoms with E-state index < -0.39 is 50.0 Å². The number of ether oxygens (including phenoxy) is 3. The number of benzene rings is 1. The standard InChI is InChI=1S/C23H29BF2O8/c1-23(25,26)11-10-17(27)13-16-12-15-6-5-9-19(20(15)34-24(16)30)21(28)31-14-32-22(29)33-18-7-3-2-4-8-18/h5-6,9,16,18,30H,2-4,7-8,10-14H2,1H3/t16-/m1/s1. The van der Waals surface area contributed by atoms with Crippen molar-refractivity contribution >= 4 is 25.0 Å². The molecule has 0 bridgehead atoms. The second kappa shape index (κ2) is 11.6. The van der Waals surface area contributed by atoms with Gasteiger partial charge in [0, 0.05) is 25.1 Å². The number of carbonyl (C=O) groups is 3. The summed E-state index contributed by atoms with van der Waals surface area (Å²) in [5.41, 5.74) is 0.590. The van der Waals surface area contributed by atoms with Gasteiger partial charge in [0.15, 0.2) is 0 Å². The number of alkyl halides is 2. The molecule has 0 amide bonds. The van der Waals surface area contributed by atoms with E-state index in [4.69, 9.17) is 18.9 Å². The maximum atomic E-state index is 13.0. The Morgan fingerprint density at radius 3 is 2.62 bits per heavy atom. The summed E-state index contributed by atoms with van der Waals surface area (Å²) in [5, 5.41) is 10.3. The van der Waals surface area contributed by atoms with Gasteiger partial charge in [-0.1, -0.05) is 18.6 Å². The van der Waals surface area contributed by atoms with E-state index in [1.165, 1.54) is 6.07 Å². The minimum Gasteiger partial charge on any atom is -0.535 e. The summed E-state index contributed by atoms with van der Waals surface area (Å²) in [7, 11) is -1.39. The molecule has 186 valence electrons. The van der Waals surface area contributed by atoms with Gasteiger partial charge in [-0.3, -0.25) is 4.79 Å². The highest BCUT2D eigenvalue weighted by Crippen LogP contribution is 2.37. The van der Waals surface area contributed by atoms with Crippen LogP contribution in [0.15, 0.2) is 18.2 Å². The van der Waals surface area contributed by atoms with Crippen molar-refractivity contribution < 1.29 is 47.1 Å². The molecule has 11 heteroatoms. The van der Waals surface area contributed by atoms with Crippen LogP contribution in [0.4, 0.5) is 13.6 Å². The van der Waals surface area contributed by atoms with E-state index in [0.717, 1.165) is 39.0 Å². The summed E-state index contributed by atoms with van der Waals surface area (Å²) >= 11 is 0. The molecular formula is C23H29BF2O8. The molecule has 1 fully saturated rings. The smallest absolute Gasteiger partial charge is 0.526 e. The second-order valence-electron chi connectivity index (χ2n) is 8.90. The predicted octanol–water partition coefficient (Wildman–Crippen LogP) is 4.47. The van der Waals surface area contributed by atoms with Gasteiger partial charge in [0.1, 0.15) is 23.2 Å². The minimum atomic E-state index is -2.93. The largest absolute Gasteiger partial charge is 0.535 e. The van der Waals surface area contributed by atoms with Gasteiger partial charge in [-0.25, -0.2) is 18.4 Å². The Kier molecular flexibility index (Phi) is 8.87. The molecule has 0 radical (unpaired) electrons. The Bertz CT molecular complexity index is 882. The quantitative estimate of drug-likeness (QED) is 0.312. The topological polar surface area (TPSA) is 108 Å². The molecule has 1 saturated carbocycles. The fourth-order valence-electron chi connectivity index (χ4n) is 4.13. The van der Waals surface area contributed by atoms with E-state index in [9.17, 15) is 28.2 Å². The van der Waals surface area contributed by atoms with Crippen LogP contribution in [0.5, 0.6) is 5.75 Å². The molecule has 34 heavy (non-hydrogen) atoms. The van der Waals surface area contributed by atoms with Crippen LogP contribution in [0.25, 0.3) is 0 Å². The van der Waals surface area contributed by atoms with Gasteiger partial charge < -0.3 is 23.9 Å². The van der Waals surface area contributed by atoms with E-state index in [1.54, 1.807) is 12.1 Å². The third-order valence-corrected chi connectivity index (χ3v) is 5.96. The molecule has 1 aromatic rings. The predicted molar refractivity (Wildman–Crippen MR) is 117 cm³/mol. The van der Waals surface area contributed by atoms with Gasteiger partial charge in [-0.15, -0.1) is 0 Å². The Balaban J connectivity index is 1.51. The van der Waals surface area contributed by atoms with Crippen LogP contribution in [0, 0.1) is 0 Å². The van der Waals surface area contributed by atoms with E-state index in [1.807, 2.05) is 0 Å². The summed E-state index contributed by atoms with van der Waals surface area (Å²) in [6.07, 6.45) is 2.79. The molecule has 1 aliphatic heterocycles. The lowest BCUT2D eigenvalue weighted by molar-refractivity contribution is -0.121. The lowest BCUT2D eigenvalue weighted by atomic mass is 9.64. The Morgan fingerprint density at radius 2 is 1.91 bits per heavy atom. The van der Waals surface area contributed by atoms with Crippen molar-refractivity contribution in [2.24, 2.45) is 0 Å². The van der Waals surface area contributed by atoms with Crippen LogP contribution in [0.2, 0.25) is 5.82 Å². The molecule has 2 aliphatic rings. The number of esters is 1. The van der Waals surface area contributed by atoms with Crippen LogP contribution < -0.4 is 4.65 Å². The lowest BCUT2D eigenvalue weighted by Crippen LogP contribution is -2.36. The summed E-state index contributed by atoms with van der Waals surface area (Å²) in [6.45, 7) is 0.107. The maximum absolute atomic E-state index is 13.0. The Hall–Kier alpha value is -2.69. The summed E-state index contributed by atoms with van der Waals surface area (Å²) in [5.74, 6) is -4.68. The van der Waals surface area contributed by atoms with Crippen molar-refractivity contribution in [1.29, 1.82) is 0 Å². The molecule has 1 heterocycles. The third-order valence-electron chi connectivity index (χ3n) is 5.96. The number of para-hydroxylation sites is 1. The van der Waals surface area contributed by atoms with Crippen LogP contribution >= 0.6 is 0 Å². The highest BCUT2D eigenvalue weighted by Gasteiger charge is 2.38. The van der Waals surface area contributed by atoms with Crippen LogP contribution in [-0.2, 0) is 25.4 Å². The molecule has 1 N–H and O–H groups in total. The van der Waals surface area contributed by atoms with Gasteiger partial charge in [0.05, 0.1) is 0 Å². The molecule has 0 spiro atoms. The van der Waals surface area contributed by atoms with Crippen molar-refractivity contribution in [2.75, 3.05) is 6.79 Å². The first-order chi connectivity index (χ1) is 16.1. The van der Waals surface area contributed by atoms with Crippen molar-refractivity contribution in [2.45, 2.75) is 82.6 Å². The fourth-order valence-corrected chi connectivity index (χ4v) is 4.13. The molecule has 8 nitrogen and oxygen atoms in total. The van der Waals surface area contributed by atoms with Gasteiger partial charge in [0.2, 0.25) is 12.7 Å². The molecule has 3 rings (SSSR count). The molecule has 0 unspecified atom stereocenters. The van der Waals surface area contributed by atoms with Gasteiger partial charge in [0.25, 0.3) is 0 Å². The maximum Gasteiger partial charge on any atom is 0.526 e. The number of Topliss-reactive ketones (excluding diaryl/α,β-unsaturated/α-hetero) is 1. The third kappa shape index (κ3) is 7.68. The fraction of sp³-hybridized carbons (Fsp3) is 0.609. The van der Waals surface area contributed by atoms with Crippen molar-refractivity contribution in [1.82, 2.24) is 0 Å². The number of hydrogen-bond acceptors (Lipinski definition) is 8. The van der Waals surface area contributed by atoms with Gasteiger partial charge in [-0.2, -0.15) is 0 Å². The van der Waals surface area contributed by atoms with Crippen LogP contribution in [0.1, 0.15) is 74.2 Å². The van der Waals surface area contributed by atoms with Crippen molar-refractivity contribution in [3.63, 3.8) is 0 Å². The average molecular weight is 482 g/mol. The van der Waals surface area contributed by atoms with Crippen LogP contribution in [0.3, 0.4) is 0 Å². The number of rotatable bonds is 9. The zero-order chi connectivity index (χ0) is 24.7. The monoisotopic (exact) mass is 482 g/mol. The summed E-state index contributed by atoms with van der Waals surface area (Å²) < 4.78 is 46.5. The molecule has 1 aliphatic carbocycles. The molecule has 0 saturated heterocycles. The second-order valence-corrected chi connectivity index (χ2v) is 8.90. The zero-order valence-electron chi connectivity index (χ0n) is 19.1. The molecular weight excluding hydrogens is 453 g/mol. The number of halogens is 2. The number of fused-ring (bicyclic) bond motifs is 1. The Labute approximate surface area is 197 Å². The first-order valence-corrected chi connectivity index (χ1v) is 11.5. The van der Waals surface area contributed by atoms with E-state index in [2.05, 4.69) is 0 Å². The summed E-state index contributed by atoms with van der Waals surface area (Å²) in [6, 6.07) is 4.70. The average Bonchev–Trinajstić information content (AvgIpc) is 2.78. The molecule has 1 aromatic carbocycles. The summed E-state index contributed by atoms with van der Waals surface area (Å²) in [4.78, 5) is 36.3. The number of carbonyl (C=O) groups excluding carboxylic acids is 3. The van der Waals surface area contributed by atoms with Gasteiger partial charge in [-0.05, 0) is 50.7 Å². The van der Waals surface area contributed by atoms with Gasteiger partial charge >= 0.3 is 19.2 Å². The van der Waals surface area contributed by atoms with Crippen LogP contribution in [-0.4, -0.2) is 48.9 Å². The first kappa shape index (κ1) is 25.9. The van der Waals surface area contributed by atoms with E-state index in [0.29, 0.717) is 5.56 Å². The first-order valence-electron chi connectivity index (χ1n) is 11.5. The Morgan fingerprint density at radius 1 is 1.18 bits per heavy atom. The van der Waals surface area contributed by atoms with Crippen molar-refractivity contribution in [3.8, 4) is 5.75 Å². The lowest BCUT2D eigenvalue weighted by Gasteiger charge is -2.28.